The van der Waals surface area contributed by atoms with Gasteiger partial charge in [-0.25, -0.2) is 9.37 Å². The van der Waals surface area contributed by atoms with Gasteiger partial charge in [-0.1, -0.05) is 15.9 Å². The number of aliphatic hydroxyl groups excluding tert-OH is 1. The van der Waals surface area contributed by atoms with Gasteiger partial charge in [0, 0.05) is 17.9 Å². The summed E-state index contributed by atoms with van der Waals surface area (Å²) < 4.78 is 15.6. The molecule has 0 fully saturated rings. The average Bonchev–Trinajstić information content (AvgIpc) is 2.62. The normalized spacial score (nSPS) is 12.7. The largest absolute Gasteiger partial charge is 0.386 e. The molecule has 0 saturated carbocycles. The van der Waals surface area contributed by atoms with Crippen molar-refractivity contribution < 1.29 is 9.50 Å². The third kappa shape index (κ3) is 2.92. The Morgan fingerprint density at radius 3 is 2.82 bits per heavy atom. The zero-order valence-corrected chi connectivity index (χ0v) is 10.9. The van der Waals surface area contributed by atoms with Crippen molar-refractivity contribution in [2.75, 3.05) is 0 Å². The Labute approximate surface area is 107 Å². The molecule has 0 saturated heterocycles. The van der Waals surface area contributed by atoms with E-state index in [2.05, 4.69) is 20.9 Å². The van der Waals surface area contributed by atoms with E-state index in [1.807, 2.05) is 7.05 Å². The average molecular weight is 299 g/mol. The van der Waals surface area contributed by atoms with E-state index in [1.54, 1.807) is 23.2 Å². The second-order valence-electron chi connectivity index (χ2n) is 3.93. The van der Waals surface area contributed by atoms with Crippen LogP contribution in [-0.2, 0) is 13.5 Å². The summed E-state index contributed by atoms with van der Waals surface area (Å²) in [6.45, 7) is 0. The van der Waals surface area contributed by atoms with Gasteiger partial charge in [0.1, 0.15) is 5.82 Å². The molecule has 90 valence electrons. The summed E-state index contributed by atoms with van der Waals surface area (Å²) in [4.78, 5) is 3.94. The second-order valence-corrected chi connectivity index (χ2v) is 4.84. The van der Waals surface area contributed by atoms with Gasteiger partial charge in [-0.2, -0.15) is 0 Å². The van der Waals surface area contributed by atoms with Crippen molar-refractivity contribution in [2.24, 2.45) is 7.05 Å². The van der Waals surface area contributed by atoms with E-state index in [9.17, 15) is 9.50 Å². The maximum atomic E-state index is 13.2. The highest BCUT2D eigenvalue weighted by Crippen LogP contribution is 2.21. The molecule has 1 N–H and O–H groups in total. The quantitative estimate of drug-likeness (QED) is 0.946. The first-order valence-electron chi connectivity index (χ1n) is 5.15. The van der Waals surface area contributed by atoms with Crippen LogP contribution in [0, 0.1) is 5.82 Å². The second kappa shape index (κ2) is 4.98. The molecule has 0 aliphatic carbocycles. The molecule has 0 spiro atoms. The minimum absolute atomic E-state index is 0.313. The van der Waals surface area contributed by atoms with Crippen molar-refractivity contribution in [3.8, 4) is 0 Å². The lowest BCUT2D eigenvalue weighted by molar-refractivity contribution is 0.170. The smallest absolute Gasteiger partial charge is 0.124 e. The Hall–Kier alpha value is -1.20. The molecule has 1 unspecified atom stereocenters. The van der Waals surface area contributed by atoms with Crippen molar-refractivity contribution in [1.29, 1.82) is 0 Å². The van der Waals surface area contributed by atoms with Crippen LogP contribution in [0.5, 0.6) is 0 Å². The van der Waals surface area contributed by atoms with Gasteiger partial charge in [0.25, 0.3) is 0 Å². The van der Waals surface area contributed by atoms with E-state index >= 15 is 0 Å². The molecule has 1 heterocycles. The predicted octanol–water partition coefficient (Wildman–Crippen LogP) is 2.60. The predicted molar refractivity (Wildman–Crippen MR) is 66.0 cm³/mol. The van der Waals surface area contributed by atoms with Gasteiger partial charge in [-0.3, -0.25) is 0 Å². The van der Waals surface area contributed by atoms with E-state index in [1.165, 1.54) is 12.1 Å². The summed E-state index contributed by atoms with van der Waals surface area (Å²) in [5.41, 5.74) is 1.45. The van der Waals surface area contributed by atoms with Gasteiger partial charge < -0.3 is 9.67 Å². The SMILES string of the molecule is Cn1cncc1C(O)Cc1cc(F)cc(Br)c1. The number of halogens is 2. The number of hydrogen-bond acceptors (Lipinski definition) is 2. The molecular weight excluding hydrogens is 287 g/mol. The van der Waals surface area contributed by atoms with Gasteiger partial charge in [0.15, 0.2) is 0 Å². The Morgan fingerprint density at radius 1 is 1.47 bits per heavy atom. The van der Waals surface area contributed by atoms with Crippen LogP contribution in [0.3, 0.4) is 0 Å². The van der Waals surface area contributed by atoms with Gasteiger partial charge >= 0.3 is 0 Å². The number of rotatable bonds is 3. The minimum Gasteiger partial charge on any atom is -0.386 e. The molecule has 17 heavy (non-hydrogen) atoms. The molecule has 0 aliphatic rings. The molecule has 3 nitrogen and oxygen atoms in total. The molecule has 2 aromatic rings. The molecule has 1 aromatic heterocycles. The number of aromatic nitrogens is 2. The van der Waals surface area contributed by atoms with Crippen LogP contribution in [0.2, 0.25) is 0 Å². The van der Waals surface area contributed by atoms with Crippen LogP contribution in [-0.4, -0.2) is 14.7 Å². The highest BCUT2D eigenvalue weighted by molar-refractivity contribution is 9.10. The first-order chi connectivity index (χ1) is 8.06. The number of nitrogens with zero attached hydrogens (tertiary/aromatic N) is 2. The van der Waals surface area contributed by atoms with E-state index < -0.39 is 6.10 Å². The maximum Gasteiger partial charge on any atom is 0.124 e. The van der Waals surface area contributed by atoms with Crippen molar-refractivity contribution in [2.45, 2.75) is 12.5 Å². The minimum atomic E-state index is -0.684. The maximum absolute atomic E-state index is 13.2. The van der Waals surface area contributed by atoms with Gasteiger partial charge in [-0.05, 0) is 23.8 Å². The Morgan fingerprint density at radius 2 is 2.24 bits per heavy atom. The van der Waals surface area contributed by atoms with E-state index in [0.29, 0.717) is 16.6 Å². The zero-order chi connectivity index (χ0) is 12.4. The Bertz CT molecular complexity index is 507. The number of imidazole rings is 1. The van der Waals surface area contributed by atoms with Crippen LogP contribution >= 0.6 is 15.9 Å². The highest BCUT2D eigenvalue weighted by atomic mass is 79.9. The lowest BCUT2D eigenvalue weighted by Gasteiger charge is -2.11. The highest BCUT2D eigenvalue weighted by Gasteiger charge is 2.12. The summed E-state index contributed by atoms with van der Waals surface area (Å²) >= 11 is 3.23. The molecule has 0 amide bonds. The Balaban J connectivity index is 2.18. The van der Waals surface area contributed by atoms with Gasteiger partial charge in [0.2, 0.25) is 0 Å². The van der Waals surface area contributed by atoms with Crippen LogP contribution in [0.25, 0.3) is 0 Å². The van der Waals surface area contributed by atoms with Gasteiger partial charge in [-0.15, -0.1) is 0 Å². The Kier molecular flexibility index (Phi) is 3.59. The van der Waals surface area contributed by atoms with Crippen LogP contribution in [0.15, 0.2) is 35.2 Å². The van der Waals surface area contributed by atoms with Crippen LogP contribution in [0.4, 0.5) is 4.39 Å². The summed E-state index contributed by atoms with van der Waals surface area (Å²) in [7, 11) is 1.81. The molecular formula is C12H12BrFN2O. The third-order valence-corrected chi connectivity index (χ3v) is 3.00. The number of hydrogen-bond donors (Lipinski definition) is 1. The molecule has 1 aromatic carbocycles. The fourth-order valence-corrected chi connectivity index (χ4v) is 2.26. The van der Waals surface area contributed by atoms with Crippen LogP contribution in [0.1, 0.15) is 17.4 Å². The number of benzene rings is 1. The standard InChI is InChI=1S/C12H12BrFN2O/c1-16-7-15-6-11(16)12(17)4-8-2-9(13)5-10(14)3-8/h2-3,5-7,12,17H,4H2,1H3. The summed E-state index contributed by atoms with van der Waals surface area (Å²) in [5.74, 6) is -0.313. The lowest BCUT2D eigenvalue weighted by Crippen LogP contribution is -2.06. The van der Waals surface area contributed by atoms with Gasteiger partial charge in [0.05, 0.1) is 24.3 Å². The van der Waals surface area contributed by atoms with E-state index in [0.717, 1.165) is 5.56 Å². The fourth-order valence-electron chi connectivity index (χ4n) is 1.75. The first-order valence-corrected chi connectivity index (χ1v) is 5.95. The van der Waals surface area contributed by atoms with Crippen molar-refractivity contribution in [1.82, 2.24) is 9.55 Å². The van der Waals surface area contributed by atoms with Crippen molar-refractivity contribution >= 4 is 15.9 Å². The van der Waals surface area contributed by atoms with Crippen molar-refractivity contribution in [3.05, 3.63) is 52.3 Å². The van der Waals surface area contributed by atoms with Crippen LogP contribution < -0.4 is 0 Å². The number of aliphatic hydroxyl groups is 1. The topological polar surface area (TPSA) is 38.0 Å². The third-order valence-electron chi connectivity index (χ3n) is 2.55. The molecule has 0 radical (unpaired) electrons. The molecule has 0 bridgehead atoms. The molecule has 0 aliphatic heterocycles. The molecule has 1 atom stereocenters. The summed E-state index contributed by atoms with van der Waals surface area (Å²) in [5, 5.41) is 10.0. The van der Waals surface area contributed by atoms with Crippen molar-refractivity contribution in [3.63, 3.8) is 0 Å². The van der Waals surface area contributed by atoms with E-state index in [-0.39, 0.29) is 5.82 Å². The lowest BCUT2D eigenvalue weighted by atomic mass is 10.1. The first kappa shape index (κ1) is 12.3. The monoisotopic (exact) mass is 298 g/mol. The fraction of sp³-hybridized carbons (Fsp3) is 0.250. The van der Waals surface area contributed by atoms with E-state index in [4.69, 9.17) is 0 Å². The number of aryl methyl sites for hydroxylation is 1. The molecule has 5 heteroatoms. The zero-order valence-electron chi connectivity index (χ0n) is 9.27. The summed E-state index contributed by atoms with van der Waals surface area (Å²) in [6, 6.07) is 4.60. The molecule has 2 rings (SSSR count). The summed E-state index contributed by atoms with van der Waals surface area (Å²) in [6.07, 6.45) is 2.91.